The molecule has 0 aromatic heterocycles. The van der Waals surface area contributed by atoms with Crippen LogP contribution in [0.1, 0.15) is 46.0 Å². The number of carbonyl (C=O) groups excluding carboxylic acids is 1. The first-order valence-electron chi connectivity index (χ1n) is 7.18. The van der Waals surface area contributed by atoms with Gasteiger partial charge in [-0.05, 0) is 57.0 Å². The maximum absolute atomic E-state index is 12.2. The maximum Gasteiger partial charge on any atom is 0.223 e. The number of carbonyl (C=O) groups is 1. The molecular formula is C14H27ClN2O. The fourth-order valence-corrected chi connectivity index (χ4v) is 3.26. The van der Waals surface area contributed by atoms with Crippen molar-refractivity contribution in [2.75, 3.05) is 13.1 Å². The smallest absolute Gasteiger partial charge is 0.223 e. The lowest BCUT2D eigenvalue weighted by atomic mass is 9.79. The molecule has 18 heavy (non-hydrogen) atoms. The Morgan fingerprint density at radius 1 is 1.11 bits per heavy atom. The highest BCUT2D eigenvalue weighted by Crippen LogP contribution is 2.29. The number of amides is 1. The van der Waals surface area contributed by atoms with E-state index < -0.39 is 0 Å². The summed E-state index contributed by atoms with van der Waals surface area (Å²) in [5, 5.41) is 6.60. The van der Waals surface area contributed by atoms with Gasteiger partial charge in [0, 0.05) is 12.0 Å². The van der Waals surface area contributed by atoms with Gasteiger partial charge in [-0.25, -0.2) is 0 Å². The Morgan fingerprint density at radius 3 is 2.39 bits per heavy atom. The average molecular weight is 275 g/mol. The molecule has 4 heteroatoms. The predicted octanol–water partition coefficient (Wildman–Crippen LogP) is 2.35. The first-order valence-corrected chi connectivity index (χ1v) is 7.18. The second-order valence-corrected chi connectivity index (χ2v) is 6.03. The molecule has 1 aliphatic carbocycles. The Kier molecular flexibility index (Phi) is 6.44. The van der Waals surface area contributed by atoms with Gasteiger partial charge in [-0.15, -0.1) is 12.4 Å². The quantitative estimate of drug-likeness (QED) is 0.812. The fraction of sp³-hybridized carbons (Fsp3) is 0.929. The van der Waals surface area contributed by atoms with E-state index in [1.165, 1.54) is 19.3 Å². The van der Waals surface area contributed by atoms with Gasteiger partial charge >= 0.3 is 0 Å². The molecule has 2 fully saturated rings. The minimum absolute atomic E-state index is 0. The van der Waals surface area contributed by atoms with Crippen LogP contribution in [0.2, 0.25) is 0 Å². The molecule has 1 aliphatic heterocycles. The summed E-state index contributed by atoms with van der Waals surface area (Å²) in [6, 6.07) is 0.425. The second kappa shape index (κ2) is 7.34. The van der Waals surface area contributed by atoms with Gasteiger partial charge in [-0.2, -0.15) is 0 Å². The SMILES string of the molecule is CC1CCC(NC(=O)C2CCNCC2)C(C)C1.Cl. The second-order valence-electron chi connectivity index (χ2n) is 6.03. The van der Waals surface area contributed by atoms with Crippen molar-refractivity contribution in [3.8, 4) is 0 Å². The van der Waals surface area contributed by atoms with Crippen LogP contribution in [-0.4, -0.2) is 25.0 Å². The summed E-state index contributed by atoms with van der Waals surface area (Å²) in [6.45, 7) is 6.59. The van der Waals surface area contributed by atoms with Crippen molar-refractivity contribution in [2.45, 2.75) is 52.0 Å². The van der Waals surface area contributed by atoms with Gasteiger partial charge in [-0.1, -0.05) is 13.8 Å². The molecule has 106 valence electrons. The molecule has 1 saturated heterocycles. The van der Waals surface area contributed by atoms with Crippen molar-refractivity contribution in [1.29, 1.82) is 0 Å². The van der Waals surface area contributed by atoms with Gasteiger partial charge in [0.1, 0.15) is 0 Å². The van der Waals surface area contributed by atoms with Crippen LogP contribution in [0.3, 0.4) is 0 Å². The van der Waals surface area contributed by atoms with E-state index in [9.17, 15) is 4.79 Å². The molecule has 1 heterocycles. The highest BCUT2D eigenvalue weighted by molar-refractivity contribution is 5.85. The van der Waals surface area contributed by atoms with Crippen molar-refractivity contribution < 1.29 is 4.79 Å². The van der Waals surface area contributed by atoms with E-state index >= 15 is 0 Å². The van der Waals surface area contributed by atoms with Crippen molar-refractivity contribution in [2.24, 2.45) is 17.8 Å². The van der Waals surface area contributed by atoms with E-state index in [1.54, 1.807) is 0 Å². The van der Waals surface area contributed by atoms with Gasteiger partial charge in [0.25, 0.3) is 0 Å². The first-order chi connectivity index (χ1) is 8.16. The van der Waals surface area contributed by atoms with E-state index in [0.717, 1.165) is 31.8 Å². The Hall–Kier alpha value is -0.280. The Bertz CT molecular complexity index is 267. The van der Waals surface area contributed by atoms with Crippen LogP contribution in [0.4, 0.5) is 0 Å². The Labute approximate surface area is 117 Å². The molecule has 0 spiro atoms. The summed E-state index contributed by atoms with van der Waals surface area (Å²) in [5.74, 6) is 2.03. The van der Waals surface area contributed by atoms with Gasteiger partial charge in [-0.3, -0.25) is 4.79 Å². The number of nitrogens with one attached hydrogen (secondary N) is 2. The van der Waals surface area contributed by atoms with Gasteiger partial charge in [0.2, 0.25) is 5.91 Å². The highest BCUT2D eigenvalue weighted by Gasteiger charge is 2.29. The minimum Gasteiger partial charge on any atom is -0.353 e. The number of piperidine rings is 1. The van der Waals surface area contributed by atoms with Crippen LogP contribution in [0.5, 0.6) is 0 Å². The van der Waals surface area contributed by atoms with E-state index in [2.05, 4.69) is 24.5 Å². The normalized spacial score (nSPS) is 33.6. The Morgan fingerprint density at radius 2 is 1.78 bits per heavy atom. The van der Waals surface area contributed by atoms with Crippen LogP contribution in [0.15, 0.2) is 0 Å². The average Bonchev–Trinajstić information content (AvgIpc) is 2.34. The zero-order chi connectivity index (χ0) is 12.3. The lowest BCUT2D eigenvalue weighted by molar-refractivity contribution is -0.127. The third kappa shape index (κ3) is 4.13. The molecule has 2 aliphatic rings. The summed E-state index contributed by atoms with van der Waals surface area (Å²) in [7, 11) is 0. The van der Waals surface area contributed by atoms with E-state index in [-0.39, 0.29) is 18.3 Å². The first kappa shape index (κ1) is 15.8. The van der Waals surface area contributed by atoms with E-state index in [4.69, 9.17) is 0 Å². The van der Waals surface area contributed by atoms with Crippen molar-refractivity contribution in [1.82, 2.24) is 10.6 Å². The molecule has 1 amide bonds. The van der Waals surface area contributed by atoms with Crippen LogP contribution < -0.4 is 10.6 Å². The molecule has 3 nitrogen and oxygen atoms in total. The molecule has 0 aromatic rings. The molecule has 0 aromatic carbocycles. The molecule has 2 N–H and O–H groups in total. The van der Waals surface area contributed by atoms with Crippen LogP contribution >= 0.6 is 12.4 Å². The number of rotatable bonds is 2. The molecule has 3 atom stereocenters. The Balaban J connectivity index is 0.00000162. The zero-order valence-electron chi connectivity index (χ0n) is 11.6. The van der Waals surface area contributed by atoms with Crippen LogP contribution in [0.25, 0.3) is 0 Å². The van der Waals surface area contributed by atoms with Crippen molar-refractivity contribution >= 4 is 18.3 Å². The third-order valence-corrected chi connectivity index (χ3v) is 4.47. The van der Waals surface area contributed by atoms with Crippen LogP contribution in [0, 0.1) is 17.8 Å². The number of hydrogen-bond donors (Lipinski definition) is 2. The molecule has 1 saturated carbocycles. The highest BCUT2D eigenvalue weighted by atomic mass is 35.5. The minimum atomic E-state index is 0. The van der Waals surface area contributed by atoms with Gasteiger partial charge in [0.15, 0.2) is 0 Å². The molecule has 3 unspecified atom stereocenters. The third-order valence-electron chi connectivity index (χ3n) is 4.47. The summed E-state index contributed by atoms with van der Waals surface area (Å²) in [5.41, 5.74) is 0. The predicted molar refractivity (Wildman–Crippen MR) is 77.0 cm³/mol. The summed E-state index contributed by atoms with van der Waals surface area (Å²) >= 11 is 0. The van der Waals surface area contributed by atoms with Gasteiger partial charge in [0.05, 0.1) is 0 Å². The summed E-state index contributed by atoms with van der Waals surface area (Å²) in [4.78, 5) is 12.2. The largest absolute Gasteiger partial charge is 0.353 e. The lowest BCUT2D eigenvalue weighted by Gasteiger charge is -2.34. The molecule has 0 radical (unpaired) electrons. The zero-order valence-corrected chi connectivity index (χ0v) is 12.4. The maximum atomic E-state index is 12.2. The topological polar surface area (TPSA) is 41.1 Å². The van der Waals surface area contributed by atoms with Crippen LogP contribution in [-0.2, 0) is 4.79 Å². The monoisotopic (exact) mass is 274 g/mol. The fourth-order valence-electron chi connectivity index (χ4n) is 3.26. The van der Waals surface area contributed by atoms with E-state index in [0.29, 0.717) is 17.9 Å². The van der Waals surface area contributed by atoms with Gasteiger partial charge < -0.3 is 10.6 Å². The van der Waals surface area contributed by atoms with Crippen molar-refractivity contribution in [3.05, 3.63) is 0 Å². The molecular weight excluding hydrogens is 248 g/mol. The lowest BCUT2D eigenvalue weighted by Crippen LogP contribution is -2.46. The molecule has 2 rings (SSSR count). The summed E-state index contributed by atoms with van der Waals surface area (Å²) in [6.07, 6.45) is 5.70. The number of hydrogen-bond acceptors (Lipinski definition) is 2. The summed E-state index contributed by atoms with van der Waals surface area (Å²) < 4.78 is 0. The number of halogens is 1. The van der Waals surface area contributed by atoms with E-state index in [1.807, 2.05) is 0 Å². The molecule has 0 bridgehead atoms. The standard InChI is InChI=1S/C14H26N2O.ClH/c1-10-3-4-13(11(2)9-10)16-14(17)12-5-7-15-8-6-12;/h10-13,15H,3-9H2,1-2H3,(H,16,17);1H. The van der Waals surface area contributed by atoms with Crippen molar-refractivity contribution in [3.63, 3.8) is 0 Å².